The first kappa shape index (κ1) is 12.4. The molecule has 0 amide bonds. The summed E-state index contributed by atoms with van der Waals surface area (Å²) >= 11 is 0. The molecule has 0 spiro atoms. The lowest BCUT2D eigenvalue weighted by atomic mass is 10.0. The van der Waals surface area contributed by atoms with Crippen molar-refractivity contribution in [3.63, 3.8) is 0 Å². The number of aromatic nitrogens is 2. The molecule has 0 aliphatic heterocycles. The summed E-state index contributed by atoms with van der Waals surface area (Å²) in [6, 6.07) is 8.33. The van der Waals surface area contributed by atoms with Gasteiger partial charge < -0.3 is 11.1 Å². The van der Waals surface area contributed by atoms with Gasteiger partial charge in [0, 0.05) is 17.4 Å². The van der Waals surface area contributed by atoms with Gasteiger partial charge in [0.2, 0.25) is 5.95 Å². The van der Waals surface area contributed by atoms with Gasteiger partial charge in [-0.15, -0.1) is 0 Å². The third kappa shape index (κ3) is 2.77. The standard InChI is InChI=1S/C14H18N4/c1-9(2)11-4-6-12(7-5-11)17-13-10(3)8-16-14(15)18-13/h4-9H,1-3H3,(H3,15,16,17,18). The van der Waals surface area contributed by atoms with Crippen molar-refractivity contribution in [3.05, 3.63) is 41.6 Å². The normalized spacial score (nSPS) is 10.7. The van der Waals surface area contributed by atoms with Gasteiger partial charge in [-0.2, -0.15) is 4.98 Å². The number of anilines is 3. The molecular weight excluding hydrogens is 224 g/mol. The van der Waals surface area contributed by atoms with Crippen LogP contribution < -0.4 is 11.1 Å². The zero-order chi connectivity index (χ0) is 13.1. The van der Waals surface area contributed by atoms with Crippen LogP contribution in [0.1, 0.15) is 30.9 Å². The van der Waals surface area contributed by atoms with Gasteiger partial charge in [-0.25, -0.2) is 4.98 Å². The van der Waals surface area contributed by atoms with Crippen LogP contribution >= 0.6 is 0 Å². The van der Waals surface area contributed by atoms with Crippen molar-refractivity contribution in [1.29, 1.82) is 0 Å². The first-order valence-electron chi connectivity index (χ1n) is 6.02. The molecule has 2 aromatic rings. The summed E-state index contributed by atoms with van der Waals surface area (Å²) in [6.45, 7) is 6.31. The molecule has 1 aromatic heterocycles. The molecule has 18 heavy (non-hydrogen) atoms. The molecule has 0 radical (unpaired) electrons. The van der Waals surface area contributed by atoms with E-state index in [-0.39, 0.29) is 5.95 Å². The maximum atomic E-state index is 5.58. The maximum Gasteiger partial charge on any atom is 0.221 e. The Kier molecular flexibility index (Phi) is 3.46. The number of rotatable bonds is 3. The second kappa shape index (κ2) is 5.04. The van der Waals surface area contributed by atoms with Crippen molar-refractivity contribution >= 4 is 17.5 Å². The Morgan fingerprint density at radius 3 is 2.44 bits per heavy atom. The van der Waals surface area contributed by atoms with E-state index in [1.807, 2.05) is 19.1 Å². The molecule has 1 aromatic carbocycles. The van der Waals surface area contributed by atoms with Gasteiger partial charge >= 0.3 is 0 Å². The van der Waals surface area contributed by atoms with Gasteiger partial charge in [-0.05, 0) is 30.5 Å². The summed E-state index contributed by atoms with van der Waals surface area (Å²) in [5, 5.41) is 3.25. The lowest BCUT2D eigenvalue weighted by Crippen LogP contribution is -2.02. The molecule has 1 heterocycles. The molecule has 2 rings (SSSR count). The minimum atomic E-state index is 0.280. The molecule has 0 atom stereocenters. The lowest BCUT2D eigenvalue weighted by molar-refractivity contribution is 0.867. The number of hydrogen-bond acceptors (Lipinski definition) is 4. The second-order valence-electron chi connectivity index (χ2n) is 4.66. The molecule has 0 bridgehead atoms. The number of nitrogens with zero attached hydrogens (tertiary/aromatic N) is 2. The summed E-state index contributed by atoms with van der Waals surface area (Å²) in [5.74, 6) is 1.57. The number of aryl methyl sites for hydroxylation is 1. The predicted octanol–water partition coefficient (Wildman–Crippen LogP) is 3.23. The smallest absolute Gasteiger partial charge is 0.221 e. The fourth-order valence-electron chi connectivity index (χ4n) is 1.67. The number of nitrogen functional groups attached to an aromatic ring is 1. The fraction of sp³-hybridized carbons (Fsp3) is 0.286. The average Bonchev–Trinajstić information content (AvgIpc) is 2.34. The van der Waals surface area contributed by atoms with Gasteiger partial charge in [0.25, 0.3) is 0 Å². The molecule has 94 valence electrons. The van der Waals surface area contributed by atoms with Crippen molar-refractivity contribution < 1.29 is 0 Å². The average molecular weight is 242 g/mol. The highest BCUT2D eigenvalue weighted by Crippen LogP contribution is 2.21. The monoisotopic (exact) mass is 242 g/mol. The van der Waals surface area contributed by atoms with E-state index < -0.39 is 0 Å². The summed E-state index contributed by atoms with van der Waals surface area (Å²) < 4.78 is 0. The summed E-state index contributed by atoms with van der Waals surface area (Å²) in [6.07, 6.45) is 1.72. The zero-order valence-corrected chi connectivity index (χ0v) is 10.9. The van der Waals surface area contributed by atoms with Crippen LogP contribution in [0.3, 0.4) is 0 Å². The quantitative estimate of drug-likeness (QED) is 0.867. The van der Waals surface area contributed by atoms with Crippen molar-refractivity contribution in [2.24, 2.45) is 0 Å². The Bertz CT molecular complexity index is 532. The summed E-state index contributed by atoms with van der Waals surface area (Å²) in [5.41, 5.74) is 8.87. The minimum absolute atomic E-state index is 0.280. The van der Waals surface area contributed by atoms with Gasteiger partial charge in [-0.1, -0.05) is 26.0 Å². The van der Waals surface area contributed by atoms with E-state index in [0.717, 1.165) is 17.1 Å². The fourth-order valence-corrected chi connectivity index (χ4v) is 1.67. The predicted molar refractivity (Wildman–Crippen MR) is 75.0 cm³/mol. The van der Waals surface area contributed by atoms with Crippen molar-refractivity contribution in [2.75, 3.05) is 11.1 Å². The Hall–Kier alpha value is -2.10. The van der Waals surface area contributed by atoms with E-state index in [9.17, 15) is 0 Å². The Labute approximate surface area is 107 Å². The van der Waals surface area contributed by atoms with Crippen LogP contribution in [-0.4, -0.2) is 9.97 Å². The first-order chi connectivity index (χ1) is 8.56. The first-order valence-corrected chi connectivity index (χ1v) is 6.02. The number of nitrogens with two attached hydrogens (primary N) is 1. The van der Waals surface area contributed by atoms with Gasteiger partial charge in [0.15, 0.2) is 0 Å². The Balaban J connectivity index is 2.21. The molecule has 0 unspecified atom stereocenters. The SMILES string of the molecule is Cc1cnc(N)nc1Nc1ccc(C(C)C)cc1. The minimum Gasteiger partial charge on any atom is -0.368 e. The maximum absolute atomic E-state index is 5.58. The van der Waals surface area contributed by atoms with Crippen LogP contribution in [0.5, 0.6) is 0 Å². The third-order valence-electron chi connectivity index (χ3n) is 2.83. The van der Waals surface area contributed by atoms with Crippen LogP contribution in [0, 0.1) is 6.92 Å². The van der Waals surface area contributed by atoms with Crippen LogP contribution in [0.25, 0.3) is 0 Å². The highest BCUT2D eigenvalue weighted by Gasteiger charge is 2.03. The van der Waals surface area contributed by atoms with E-state index in [2.05, 4.69) is 41.3 Å². The van der Waals surface area contributed by atoms with Gasteiger partial charge in [0.1, 0.15) is 5.82 Å². The van der Waals surface area contributed by atoms with Crippen molar-refractivity contribution in [2.45, 2.75) is 26.7 Å². The molecule has 4 nitrogen and oxygen atoms in total. The van der Waals surface area contributed by atoms with Gasteiger partial charge in [-0.3, -0.25) is 0 Å². The summed E-state index contributed by atoms with van der Waals surface area (Å²) in [4.78, 5) is 8.13. The molecule has 0 saturated heterocycles. The Morgan fingerprint density at radius 2 is 1.83 bits per heavy atom. The van der Waals surface area contributed by atoms with Crippen LogP contribution in [0.4, 0.5) is 17.5 Å². The van der Waals surface area contributed by atoms with E-state index in [1.54, 1.807) is 6.20 Å². The van der Waals surface area contributed by atoms with E-state index in [4.69, 9.17) is 5.73 Å². The highest BCUT2D eigenvalue weighted by molar-refractivity contribution is 5.60. The van der Waals surface area contributed by atoms with Crippen molar-refractivity contribution in [1.82, 2.24) is 9.97 Å². The van der Waals surface area contributed by atoms with Crippen molar-refractivity contribution in [3.8, 4) is 0 Å². The van der Waals surface area contributed by atoms with Crippen LogP contribution in [-0.2, 0) is 0 Å². The van der Waals surface area contributed by atoms with E-state index >= 15 is 0 Å². The van der Waals surface area contributed by atoms with E-state index in [1.165, 1.54) is 5.56 Å². The molecule has 4 heteroatoms. The second-order valence-corrected chi connectivity index (χ2v) is 4.66. The molecule has 0 aliphatic carbocycles. The number of benzene rings is 1. The highest BCUT2D eigenvalue weighted by atomic mass is 15.1. The molecule has 0 fully saturated rings. The molecule has 0 saturated carbocycles. The number of nitrogens with one attached hydrogen (secondary N) is 1. The molecule has 0 aliphatic rings. The van der Waals surface area contributed by atoms with Crippen LogP contribution in [0.15, 0.2) is 30.5 Å². The Morgan fingerprint density at radius 1 is 1.17 bits per heavy atom. The zero-order valence-electron chi connectivity index (χ0n) is 10.9. The van der Waals surface area contributed by atoms with E-state index in [0.29, 0.717) is 5.92 Å². The molecule has 3 N–H and O–H groups in total. The topological polar surface area (TPSA) is 63.8 Å². The summed E-state index contributed by atoms with van der Waals surface area (Å²) in [7, 11) is 0. The van der Waals surface area contributed by atoms with Gasteiger partial charge in [0.05, 0.1) is 0 Å². The van der Waals surface area contributed by atoms with Crippen LogP contribution in [0.2, 0.25) is 0 Å². The molecular formula is C14H18N4. The lowest BCUT2D eigenvalue weighted by Gasteiger charge is -2.10. The largest absolute Gasteiger partial charge is 0.368 e. The third-order valence-corrected chi connectivity index (χ3v) is 2.83. The number of hydrogen-bond donors (Lipinski definition) is 2.